The molecule has 0 fully saturated rings. The van der Waals surface area contributed by atoms with Crippen LogP contribution in [0, 0.1) is 0 Å². The standard InChI is InChI=1S/C18H18O2/c1-2-6-13-11-12-16(15-8-4-3-7-14(13)15)17-9-5-10-18(19)20-17/h3-5,7-8,10-12,17H,2,6,9H2,1H3. The first kappa shape index (κ1) is 12.9. The van der Waals surface area contributed by atoms with E-state index in [-0.39, 0.29) is 12.1 Å². The summed E-state index contributed by atoms with van der Waals surface area (Å²) in [5.41, 5.74) is 2.47. The lowest BCUT2D eigenvalue weighted by Gasteiger charge is -2.21. The molecule has 20 heavy (non-hydrogen) atoms. The number of cyclic esters (lactones) is 1. The van der Waals surface area contributed by atoms with Crippen molar-refractivity contribution in [2.75, 3.05) is 0 Å². The van der Waals surface area contributed by atoms with E-state index in [1.807, 2.05) is 12.1 Å². The summed E-state index contributed by atoms with van der Waals surface area (Å²) in [5, 5.41) is 2.48. The van der Waals surface area contributed by atoms with Gasteiger partial charge in [0.15, 0.2) is 0 Å². The molecule has 2 aromatic carbocycles. The van der Waals surface area contributed by atoms with Crippen LogP contribution in [0.3, 0.4) is 0 Å². The topological polar surface area (TPSA) is 26.3 Å². The molecular formula is C18H18O2. The zero-order chi connectivity index (χ0) is 13.9. The summed E-state index contributed by atoms with van der Waals surface area (Å²) >= 11 is 0. The van der Waals surface area contributed by atoms with Crippen molar-refractivity contribution >= 4 is 16.7 Å². The number of hydrogen-bond donors (Lipinski definition) is 0. The van der Waals surface area contributed by atoms with Gasteiger partial charge in [-0.2, -0.15) is 0 Å². The monoisotopic (exact) mass is 266 g/mol. The van der Waals surface area contributed by atoms with Gasteiger partial charge in [0.25, 0.3) is 0 Å². The number of hydrogen-bond acceptors (Lipinski definition) is 2. The molecule has 0 spiro atoms. The van der Waals surface area contributed by atoms with Crippen molar-refractivity contribution in [2.24, 2.45) is 0 Å². The Balaban J connectivity index is 2.10. The van der Waals surface area contributed by atoms with E-state index in [0.29, 0.717) is 0 Å². The molecule has 1 heterocycles. The van der Waals surface area contributed by atoms with Gasteiger partial charge >= 0.3 is 5.97 Å². The summed E-state index contributed by atoms with van der Waals surface area (Å²) in [6.45, 7) is 2.19. The Morgan fingerprint density at radius 1 is 1.15 bits per heavy atom. The Morgan fingerprint density at radius 2 is 1.95 bits per heavy atom. The molecule has 0 saturated carbocycles. The van der Waals surface area contributed by atoms with Gasteiger partial charge in [-0.3, -0.25) is 0 Å². The van der Waals surface area contributed by atoms with E-state index in [1.165, 1.54) is 22.4 Å². The third-order valence-electron chi connectivity index (χ3n) is 3.78. The molecule has 0 bridgehead atoms. The van der Waals surface area contributed by atoms with Crippen molar-refractivity contribution in [3.05, 3.63) is 59.7 Å². The van der Waals surface area contributed by atoms with Crippen molar-refractivity contribution in [3.8, 4) is 0 Å². The van der Waals surface area contributed by atoms with Crippen LogP contribution in [-0.4, -0.2) is 5.97 Å². The van der Waals surface area contributed by atoms with E-state index in [4.69, 9.17) is 4.74 Å². The maximum atomic E-state index is 11.4. The third-order valence-corrected chi connectivity index (χ3v) is 3.78. The Bertz CT molecular complexity index is 670. The Morgan fingerprint density at radius 3 is 2.70 bits per heavy atom. The summed E-state index contributed by atoms with van der Waals surface area (Å²) in [4.78, 5) is 11.4. The van der Waals surface area contributed by atoms with Gasteiger partial charge < -0.3 is 4.74 Å². The zero-order valence-electron chi connectivity index (χ0n) is 11.6. The molecule has 1 aliphatic heterocycles. The Kier molecular flexibility index (Phi) is 3.55. The van der Waals surface area contributed by atoms with Gasteiger partial charge in [0.2, 0.25) is 0 Å². The fourth-order valence-electron chi connectivity index (χ4n) is 2.86. The van der Waals surface area contributed by atoms with Crippen molar-refractivity contribution in [1.29, 1.82) is 0 Å². The molecule has 0 N–H and O–H groups in total. The highest BCUT2D eigenvalue weighted by atomic mass is 16.5. The lowest BCUT2D eigenvalue weighted by atomic mass is 9.93. The minimum atomic E-state index is -0.247. The molecule has 0 saturated heterocycles. The van der Waals surface area contributed by atoms with Crippen LogP contribution >= 0.6 is 0 Å². The van der Waals surface area contributed by atoms with Crippen molar-refractivity contribution in [1.82, 2.24) is 0 Å². The molecule has 1 unspecified atom stereocenters. The van der Waals surface area contributed by atoms with Crippen LogP contribution in [0.4, 0.5) is 0 Å². The number of rotatable bonds is 3. The van der Waals surface area contributed by atoms with Gasteiger partial charge in [0.05, 0.1) is 0 Å². The van der Waals surface area contributed by atoms with E-state index >= 15 is 0 Å². The number of carbonyl (C=O) groups is 1. The average Bonchev–Trinajstić information content (AvgIpc) is 2.48. The fourth-order valence-corrected chi connectivity index (χ4v) is 2.86. The SMILES string of the molecule is CCCc1ccc(C2CC=CC(=O)O2)c2ccccc12. The first-order chi connectivity index (χ1) is 9.79. The van der Waals surface area contributed by atoms with Gasteiger partial charge in [-0.25, -0.2) is 4.79 Å². The minimum Gasteiger partial charge on any atom is -0.454 e. The lowest BCUT2D eigenvalue weighted by Crippen LogP contribution is -2.13. The summed E-state index contributed by atoms with van der Waals surface area (Å²) in [5.74, 6) is -0.247. The zero-order valence-corrected chi connectivity index (χ0v) is 11.6. The van der Waals surface area contributed by atoms with E-state index in [9.17, 15) is 4.79 Å². The van der Waals surface area contributed by atoms with Crippen LogP contribution in [0.5, 0.6) is 0 Å². The molecule has 0 amide bonds. The number of carbonyl (C=O) groups excluding carboxylic acids is 1. The van der Waals surface area contributed by atoms with Crippen LogP contribution in [-0.2, 0) is 16.0 Å². The molecule has 1 aliphatic rings. The van der Waals surface area contributed by atoms with Crippen LogP contribution in [0.15, 0.2) is 48.6 Å². The van der Waals surface area contributed by atoms with Crippen LogP contribution in [0.25, 0.3) is 10.8 Å². The van der Waals surface area contributed by atoms with Gasteiger partial charge in [-0.15, -0.1) is 0 Å². The van der Waals surface area contributed by atoms with Crippen LogP contribution in [0.2, 0.25) is 0 Å². The average molecular weight is 266 g/mol. The summed E-state index contributed by atoms with van der Waals surface area (Å²) < 4.78 is 5.45. The van der Waals surface area contributed by atoms with Crippen LogP contribution < -0.4 is 0 Å². The Labute approximate surface area is 119 Å². The van der Waals surface area contributed by atoms with Gasteiger partial charge in [-0.05, 0) is 22.8 Å². The maximum Gasteiger partial charge on any atom is 0.331 e. The summed E-state index contributed by atoms with van der Waals surface area (Å²) in [6, 6.07) is 12.7. The predicted molar refractivity (Wildman–Crippen MR) is 80.5 cm³/mol. The predicted octanol–water partition coefficient (Wildman–Crippen LogP) is 4.34. The molecule has 2 nitrogen and oxygen atoms in total. The fraction of sp³-hybridized carbons (Fsp3) is 0.278. The van der Waals surface area contributed by atoms with E-state index in [1.54, 1.807) is 0 Å². The first-order valence-electron chi connectivity index (χ1n) is 7.17. The van der Waals surface area contributed by atoms with E-state index in [2.05, 4.69) is 37.3 Å². The van der Waals surface area contributed by atoms with Gasteiger partial charge in [0, 0.05) is 18.1 Å². The van der Waals surface area contributed by atoms with Crippen molar-refractivity contribution in [2.45, 2.75) is 32.3 Å². The van der Waals surface area contributed by atoms with Crippen LogP contribution in [0.1, 0.15) is 37.0 Å². The molecule has 0 aliphatic carbocycles. The second kappa shape index (κ2) is 5.49. The summed E-state index contributed by atoms with van der Waals surface area (Å²) in [6.07, 6.45) is 6.20. The molecule has 0 radical (unpaired) electrons. The first-order valence-corrected chi connectivity index (χ1v) is 7.17. The number of esters is 1. The molecule has 102 valence electrons. The highest BCUT2D eigenvalue weighted by Gasteiger charge is 2.20. The number of fused-ring (bicyclic) bond motifs is 1. The minimum absolute atomic E-state index is 0.159. The molecular weight excluding hydrogens is 248 g/mol. The second-order valence-corrected chi connectivity index (χ2v) is 5.17. The highest BCUT2D eigenvalue weighted by molar-refractivity contribution is 5.90. The maximum absolute atomic E-state index is 11.4. The van der Waals surface area contributed by atoms with E-state index < -0.39 is 0 Å². The molecule has 2 aromatic rings. The quantitative estimate of drug-likeness (QED) is 0.773. The molecule has 2 heteroatoms. The largest absolute Gasteiger partial charge is 0.454 e. The molecule has 0 aromatic heterocycles. The number of aryl methyl sites for hydroxylation is 1. The lowest BCUT2D eigenvalue weighted by molar-refractivity contribution is -0.144. The van der Waals surface area contributed by atoms with Crippen molar-refractivity contribution < 1.29 is 9.53 Å². The van der Waals surface area contributed by atoms with Gasteiger partial charge in [0.1, 0.15) is 6.10 Å². The molecule has 3 rings (SSSR count). The van der Waals surface area contributed by atoms with Crippen molar-refractivity contribution in [3.63, 3.8) is 0 Å². The summed E-state index contributed by atoms with van der Waals surface area (Å²) in [7, 11) is 0. The van der Waals surface area contributed by atoms with Gasteiger partial charge in [-0.1, -0.05) is 55.8 Å². The smallest absolute Gasteiger partial charge is 0.331 e. The normalized spacial score (nSPS) is 18.2. The molecule has 1 atom stereocenters. The third kappa shape index (κ3) is 2.34. The van der Waals surface area contributed by atoms with E-state index in [0.717, 1.165) is 24.8 Å². The number of ether oxygens (including phenoxy) is 1. The number of benzene rings is 2. The highest BCUT2D eigenvalue weighted by Crippen LogP contribution is 2.33. The Hall–Kier alpha value is -2.09. The second-order valence-electron chi connectivity index (χ2n) is 5.17.